The fraction of sp³-hybridized carbons (Fsp3) is 0.0909. The van der Waals surface area contributed by atoms with Gasteiger partial charge in [0.1, 0.15) is 0 Å². The third-order valence-electron chi connectivity index (χ3n) is 4.29. The molecule has 0 aliphatic carbocycles. The molecule has 3 aromatic rings. The maximum Gasteiger partial charge on any atom is 0.363 e. The van der Waals surface area contributed by atoms with Gasteiger partial charge in [0.25, 0.3) is 0 Å². The summed E-state index contributed by atoms with van der Waals surface area (Å²) in [5.74, 6) is -0.248. The van der Waals surface area contributed by atoms with Crippen LogP contribution in [0.4, 0.5) is 0 Å². The first-order chi connectivity index (χ1) is 14.1. The summed E-state index contributed by atoms with van der Waals surface area (Å²) >= 11 is 5.99. The Morgan fingerprint density at radius 3 is 2.59 bits per heavy atom. The Bertz CT molecular complexity index is 1160. The number of cyclic esters (lactones) is 1. The van der Waals surface area contributed by atoms with Crippen LogP contribution >= 0.6 is 11.6 Å². The number of hydrogen-bond donors (Lipinski definition) is 0. The van der Waals surface area contributed by atoms with Crippen molar-refractivity contribution in [3.05, 3.63) is 82.6 Å². The minimum atomic E-state index is -0.518. The first-order valence-electron chi connectivity index (χ1n) is 8.92. The number of carbonyl (C=O) groups excluding carboxylic acids is 1. The Kier molecular flexibility index (Phi) is 5.23. The van der Waals surface area contributed by atoms with E-state index in [9.17, 15) is 4.79 Å². The second-order valence-electron chi connectivity index (χ2n) is 6.31. The molecule has 1 aromatic heterocycles. The summed E-state index contributed by atoms with van der Waals surface area (Å²) in [6, 6.07) is 18.6. The van der Waals surface area contributed by atoms with Crippen LogP contribution < -0.4 is 0 Å². The molecular weight excluding hydrogens is 388 g/mol. The monoisotopic (exact) mass is 402 g/mol. The number of nitriles is 1. The van der Waals surface area contributed by atoms with Crippen molar-refractivity contribution in [3.63, 3.8) is 0 Å². The van der Waals surface area contributed by atoms with Crippen molar-refractivity contribution >= 4 is 29.5 Å². The SMILES string of the molecule is N#CCCn1cc(C=C2N=C(c3ccccc3)OC2=O)c(-c2ccc(Cl)cc2)n1. The maximum absolute atomic E-state index is 12.3. The van der Waals surface area contributed by atoms with E-state index in [1.807, 2.05) is 42.5 Å². The Balaban J connectivity index is 1.74. The average molecular weight is 403 g/mol. The van der Waals surface area contributed by atoms with Crippen molar-refractivity contribution < 1.29 is 9.53 Å². The molecule has 0 saturated carbocycles. The van der Waals surface area contributed by atoms with Crippen molar-refractivity contribution in [2.45, 2.75) is 13.0 Å². The summed E-state index contributed by atoms with van der Waals surface area (Å²) < 4.78 is 7.00. The van der Waals surface area contributed by atoms with Crippen molar-refractivity contribution in [2.75, 3.05) is 0 Å². The lowest BCUT2D eigenvalue weighted by molar-refractivity contribution is -0.129. The molecule has 1 aliphatic rings. The van der Waals surface area contributed by atoms with Gasteiger partial charge in [-0.1, -0.05) is 41.9 Å². The lowest BCUT2D eigenvalue weighted by Gasteiger charge is -1.99. The average Bonchev–Trinajstić information content (AvgIpc) is 3.31. The number of esters is 1. The molecule has 2 heterocycles. The summed E-state index contributed by atoms with van der Waals surface area (Å²) in [5, 5.41) is 14.0. The first-order valence-corrected chi connectivity index (χ1v) is 9.30. The van der Waals surface area contributed by atoms with Gasteiger partial charge in [-0.3, -0.25) is 4.68 Å². The Morgan fingerprint density at radius 1 is 1.10 bits per heavy atom. The molecule has 0 saturated heterocycles. The number of carbonyl (C=O) groups is 1. The molecule has 0 spiro atoms. The molecule has 1 aliphatic heterocycles. The highest BCUT2D eigenvalue weighted by Crippen LogP contribution is 2.27. The Morgan fingerprint density at radius 2 is 1.86 bits per heavy atom. The molecule has 2 aromatic carbocycles. The van der Waals surface area contributed by atoms with Gasteiger partial charge in [0.15, 0.2) is 5.70 Å². The quantitative estimate of drug-likeness (QED) is 0.466. The van der Waals surface area contributed by atoms with Crippen LogP contribution in [0.5, 0.6) is 0 Å². The van der Waals surface area contributed by atoms with Gasteiger partial charge in [0.2, 0.25) is 5.90 Å². The van der Waals surface area contributed by atoms with Crippen molar-refractivity contribution in [1.82, 2.24) is 9.78 Å². The molecule has 0 N–H and O–H groups in total. The van der Waals surface area contributed by atoms with Gasteiger partial charge >= 0.3 is 5.97 Å². The van der Waals surface area contributed by atoms with Crippen LogP contribution in [0.2, 0.25) is 5.02 Å². The summed E-state index contributed by atoms with van der Waals surface area (Å²) in [4.78, 5) is 16.7. The molecule has 0 atom stereocenters. The number of ether oxygens (including phenoxy) is 1. The van der Waals surface area contributed by atoms with E-state index in [-0.39, 0.29) is 11.6 Å². The topological polar surface area (TPSA) is 80.3 Å². The predicted molar refractivity (Wildman–Crippen MR) is 110 cm³/mol. The first kappa shape index (κ1) is 18.7. The molecule has 142 valence electrons. The maximum atomic E-state index is 12.3. The molecule has 4 rings (SSSR count). The predicted octanol–water partition coefficient (Wildman–Crippen LogP) is 4.46. The summed E-state index contributed by atoms with van der Waals surface area (Å²) in [5.41, 5.74) is 3.14. The zero-order valence-corrected chi connectivity index (χ0v) is 16.0. The van der Waals surface area contributed by atoms with E-state index in [1.165, 1.54) is 0 Å². The van der Waals surface area contributed by atoms with E-state index in [2.05, 4.69) is 16.2 Å². The van der Waals surface area contributed by atoms with E-state index in [0.717, 1.165) is 11.1 Å². The van der Waals surface area contributed by atoms with E-state index in [0.29, 0.717) is 29.2 Å². The van der Waals surface area contributed by atoms with Gasteiger partial charge < -0.3 is 4.74 Å². The summed E-state index contributed by atoms with van der Waals surface area (Å²) in [6.07, 6.45) is 3.77. The fourth-order valence-electron chi connectivity index (χ4n) is 2.91. The van der Waals surface area contributed by atoms with Crippen LogP contribution in [-0.4, -0.2) is 21.6 Å². The van der Waals surface area contributed by atoms with Crippen molar-refractivity contribution in [3.8, 4) is 17.3 Å². The number of aryl methyl sites for hydroxylation is 1. The molecule has 6 nitrogen and oxygen atoms in total. The standard InChI is InChI=1S/C22H15ClN4O2/c23-18-9-7-15(8-10-18)20-17(14-27(26-20)12-4-11-24)13-19-22(28)29-21(25-19)16-5-2-1-3-6-16/h1-3,5-10,13-14H,4,12H2. The lowest BCUT2D eigenvalue weighted by Crippen LogP contribution is -2.04. The molecule has 0 unspecified atom stereocenters. The van der Waals surface area contributed by atoms with E-state index in [4.69, 9.17) is 21.6 Å². The van der Waals surface area contributed by atoms with Gasteiger partial charge in [-0.15, -0.1) is 0 Å². The number of nitrogens with zero attached hydrogens (tertiary/aromatic N) is 4. The van der Waals surface area contributed by atoms with Crippen LogP contribution in [-0.2, 0) is 16.1 Å². The van der Waals surface area contributed by atoms with Crippen LogP contribution in [0.1, 0.15) is 17.5 Å². The molecule has 0 fully saturated rings. The number of aromatic nitrogens is 2. The molecule has 7 heteroatoms. The van der Waals surface area contributed by atoms with E-state index >= 15 is 0 Å². The second-order valence-corrected chi connectivity index (χ2v) is 6.75. The third kappa shape index (κ3) is 4.10. The van der Waals surface area contributed by atoms with Gasteiger partial charge in [0.05, 0.1) is 24.7 Å². The largest absolute Gasteiger partial charge is 0.402 e. The molecule has 0 amide bonds. The highest BCUT2D eigenvalue weighted by Gasteiger charge is 2.25. The zero-order valence-electron chi connectivity index (χ0n) is 15.2. The van der Waals surface area contributed by atoms with Crippen molar-refractivity contribution in [1.29, 1.82) is 5.26 Å². The Hall–Kier alpha value is -3.69. The third-order valence-corrected chi connectivity index (χ3v) is 4.55. The van der Waals surface area contributed by atoms with Crippen LogP contribution in [0.15, 0.2) is 71.5 Å². The van der Waals surface area contributed by atoms with Crippen molar-refractivity contribution in [2.24, 2.45) is 4.99 Å². The number of benzene rings is 2. The number of hydrogen-bond acceptors (Lipinski definition) is 5. The van der Waals surface area contributed by atoms with E-state index < -0.39 is 5.97 Å². The molecule has 0 bridgehead atoms. The van der Waals surface area contributed by atoms with Crippen LogP contribution in [0, 0.1) is 11.3 Å². The van der Waals surface area contributed by atoms with Crippen LogP contribution in [0.3, 0.4) is 0 Å². The summed E-state index contributed by atoms with van der Waals surface area (Å²) in [6.45, 7) is 0.448. The zero-order chi connectivity index (χ0) is 20.2. The summed E-state index contributed by atoms with van der Waals surface area (Å²) in [7, 11) is 0. The second kappa shape index (κ2) is 8.13. The lowest BCUT2D eigenvalue weighted by atomic mass is 10.1. The number of aliphatic imine (C=N–C) groups is 1. The smallest absolute Gasteiger partial charge is 0.363 e. The minimum absolute atomic E-state index is 0.193. The number of rotatable bonds is 5. The number of halogens is 1. The molecular formula is C22H15ClN4O2. The minimum Gasteiger partial charge on any atom is -0.402 e. The van der Waals surface area contributed by atoms with Gasteiger partial charge in [-0.05, 0) is 30.3 Å². The van der Waals surface area contributed by atoms with Crippen LogP contribution in [0.25, 0.3) is 17.3 Å². The van der Waals surface area contributed by atoms with E-state index in [1.54, 1.807) is 29.1 Å². The van der Waals surface area contributed by atoms with Gasteiger partial charge in [-0.2, -0.15) is 10.4 Å². The molecule has 0 radical (unpaired) electrons. The normalized spacial score (nSPS) is 14.6. The van der Waals surface area contributed by atoms with Gasteiger partial charge in [-0.25, -0.2) is 9.79 Å². The molecule has 29 heavy (non-hydrogen) atoms. The Labute approximate surface area is 172 Å². The highest BCUT2D eigenvalue weighted by molar-refractivity contribution is 6.30. The highest BCUT2D eigenvalue weighted by atomic mass is 35.5. The van der Waals surface area contributed by atoms with Gasteiger partial charge in [0, 0.05) is 27.9 Å². The fourth-order valence-corrected chi connectivity index (χ4v) is 3.04.